The molecule has 0 saturated heterocycles. The summed E-state index contributed by atoms with van der Waals surface area (Å²) >= 11 is 5.98. The van der Waals surface area contributed by atoms with Crippen LogP contribution in [0.3, 0.4) is 0 Å². The molecule has 1 aliphatic carbocycles. The first kappa shape index (κ1) is 22.1. The van der Waals surface area contributed by atoms with E-state index in [2.05, 4.69) is 5.32 Å². The van der Waals surface area contributed by atoms with Crippen molar-refractivity contribution in [2.75, 3.05) is 13.2 Å². The summed E-state index contributed by atoms with van der Waals surface area (Å²) in [7, 11) is 0. The number of phenols is 1. The second-order valence-corrected chi connectivity index (χ2v) is 7.92. The molecular formula is C23H27ClN2O4. The van der Waals surface area contributed by atoms with Crippen LogP contribution >= 0.6 is 11.6 Å². The highest BCUT2D eigenvalue weighted by molar-refractivity contribution is 6.32. The van der Waals surface area contributed by atoms with Gasteiger partial charge in [-0.2, -0.15) is 0 Å². The third-order valence-corrected chi connectivity index (χ3v) is 5.75. The number of hydrogen-bond acceptors (Lipinski definition) is 4. The van der Waals surface area contributed by atoms with Gasteiger partial charge in [0.05, 0.1) is 17.2 Å². The molecule has 1 unspecified atom stereocenters. The first-order valence-electron chi connectivity index (χ1n) is 10.3. The van der Waals surface area contributed by atoms with Crippen LogP contribution in [0.15, 0.2) is 48.5 Å². The molecule has 0 radical (unpaired) electrons. The molecule has 160 valence electrons. The molecule has 0 bridgehead atoms. The average Bonchev–Trinajstić information content (AvgIpc) is 2.76. The number of rotatable bonds is 7. The van der Waals surface area contributed by atoms with Crippen molar-refractivity contribution >= 4 is 23.4 Å². The fourth-order valence-corrected chi connectivity index (χ4v) is 4.11. The number of hydrogen-bond donors (Lipinski definition) is 3. The van der Waals surface area contributed by atoms with Crippen LogP contribution < -0.4 is 5.32 Å². The van der Waals surface area contributed by atoms with Gasteiger partial charge in [0.25, 0.3) is 5.91 Å². The van der Waals surface area contributed by atoms with Gasteiger partial charge in [0.2, 0.25) is 5.91 Å². The van der Waals surface area contributed by atoms with E-state index in [1.165, 1.54) is 17.0 Å². The van der Waals surface area contributed by atoms with Gasteiger partial charge in [-0.3, -0.25) is 9.59 Å². The third kappa shape index (κ3) is 5.12. The van der Waals surface area contributed by atoms with Crippen molar-refractivity contribution in [1.82, 2.24) is 10.2 Å². The summed E-state index contributed by atoms with van der Waals surface area (Å²) in [5.74, 6) is -1.21. The molecule has 6 nitrogen and oxygen atoms in total. The standard InChI is InChI=1S/C23H27ClN2O4/c24-19-13-7-12-18(21(19)28)23(30)26(14-15-27)20(16-8-3-1-4-9-16)22(29)25-17-10-5-2-6-11-17/h1,3-4,7-9,12-13,17,20,27-28H,2,5-6,10-11,14-15H2,(H,25,29). The summed E-state index contributed by atoms with van der Waals surface area (Å²) in [4.78, 5) is 28.0. The molecule has 1 saturated carbocycles. The van der Waals surface area contributed by atoms with Crippen LogP contribution in [0.1, 0.15) is 54.1 Å². The number of nitrogens with one attached hydrogen (secondary N) is 1. The molecule has 30 heavy (non-hydrogen) atoms. The molecule has 7 heteroatoms. The summed E-state index contributed by atoms with van der Waals surface area (Å²) in [6, 6.07) is 12.6. The third-order valence-electron chi connectivity index (χ3n) is 5.45. The SMILES string of the molecule is O=C(NC1CCCCC1)C(c1ccccc1)N(CCO)C(=O)c1cccc(Cl)c1O. The maximum absolute atomic E-state index is 13.3. The summed E-state index contributed by atoms with van der Waals surface area (Å²) in [5, 5.41) is 23.1. The Morgan fingerprint density at radius 2 is 1.77 bits per heavy atom. The van der Waals surface area contributed by atoms with E-state index in [0.717, 1.165) is 32.1 Å². The number of aliphatic hydroxyl groups excluding tert-OH is 1. The minimum atomic E-state index is -0.939. The molecule has 1 atom stereocenters. The Bertz CT molecular complexity index is 869. The number of benzene rings is 2. The summed E-state index contributed by atoms with van der Waals surface area (Å²) in [6.07, 6.45) is 5.12. The number of phenolic OH excluding ortho intramolecular Hbond substituents is 1. The van der Waals surface area contributed by atoms with Crippen LogP contribution in [0.25, 0.3) is 0 Å². The normalized spacial score (nSPS) is 15.4. The number of amides is 2. The van der Waals surface area contributed by atoms with E-state index in [9.17, 15) is 19.8 Å². The molecular weight excluding hydrogens is 404 g/mol. The second-order valence-electron chi connectivity index (χ2n) is 7.51. The number of carbonyl (C=O) groups excluding carboxylic acids is 2. The lowest BCUT2D eigenvalue weighted by atomic mass is 9.94. The number of carbonyl (C=O) groups is 2. The first-order valence-corrected chi connectivity index (χ1v) is 10.7. The van der Waals surface area contributed by atoms with Crippen LogP contribution in [-0.4, -0.2) is 46.1 Å². The number of para-hydroxylation sites is 1. The van der Waals surface area contributed by atoms with Crippen LogP contribution in [0.5, 0.6) is 5.75 Å². The Labute approximate surface area is 181 Å². The molecule has 2 aromatic carbocycles. The van der Waals surface area contributed by atoms with Gasteiger partial charge in [0, 0.05) is 12.6 Å². The second kappa shape index (κ2) is 10.5. The minimum absolute atomic E-state index is 0.0117. The van der Waals surface area contributed by atoms with Gasteiger partial charge in [0.1, 0.15) is 11.8 Å². The fraction of sp³-hybridized carbons (Fsp3) is 0.391. The zero-order valence-electron chi connectivity index (χ0n) is 16.8. The minimum Gasteiger partial charge on any atom is -0.506 e. The number of nitrogens with zero attached hydrogens (tertiary/aromatic N) is 1. The molecule has 0 spiro atoms. The molecule has 0 aliphatic heterocycles. The lowest BCUT2D eigenvalue weighted by Crippen LogP contribution is -2.48. The van der Waals surface area contributed by atoms with E-state index >= 15 is 0 Å². The lowest BCUT2D eigenvalue weighted by Gasteiger charge is -2.33. The van der Waals surface area contributed by atoms with Crippen LogP contribution in [0, 0.1) is 0 Å². The lowest BCUT2D eigenvalue weighted by molar-refractivity contribution is -0.127. The molecule has 1 fully saturated rings. The van der Waals surface area contributed by atoms with Gasteiger partial charge in [-0.05, 0) is 30.5 Å². The van der Waals surface area contributed by atoms with E-state index in [1.54, 1.807) is 30.3 Å². The van der Waals surface area contributed by atoms with Crippen molar-refractivity contribution in [1.29, 1.82) is 0 Å². The number of halogens is 1. The van der Waals surface area contributed by atoms with Crippen LogP contribution in [-0.2, 0) is 4.79 Å². The van der Waals surface area contributed by atoms with Gasteiger partial charge < -0.3 is 20.4 Å². The van der Waals surface area contributed by atoms with E-state index < -0.39 is 11.9 Å². The molecule has 2 amide bonds. The monoisotopic (exact) mass is 430 g/mol. The number of aliphatic hydroxyl groups is 1. The largest absolute Gasteiger partial charge is 0.506 e. The van der Waals surface area contributed by atoms with E-state index in [1.807, 2.05) is 6.07 Å². The highest BCUT2D eigenvalue weighted by atomic mass is 35.5. The van der Waals surface area contributed by atoms with Crippen LogP contribution in [0.4, 0.5) is 0 Å². The Hall–Kier alpha value is -2.57. The quantitative estimate of drug-likeness (QED) is 0.625. The van der Waals surface area contributed by atoms with Gasteiger partial charge >= 0.3 is 0 Å². The first-order chi connectivity index (χ1) is 14.5. The maximum Gasteiger partial charge on any atom is 0.258 e. The summed E-state index contributed by atoms with van der Waals surface area (Å²) in [6.45, 7) is -0.393. The summed E-state index contributed by atoms with van der Waals surface area (Å²) in [5.41, 5.74) is 0.622. The molecule has 3 rings (SSSR count). The Morgan fingerprint density at radius 1 is 1.07 bits per heavy atom. The maximum atomic E-state index is 13.3. The summed E-state index contributed by atoms with van der Waals surface area (Å²) < 4.78 is 0. The van der Waals surface area contributed by atoms with Crippen molar-refractivity contribution in [3.8, 4) is 5.75 Å². The van der Waals surface area contributed by atoms with E-state index in [0.29, 0.717) is 5.56 Å². The number of aromatic hydroxyl groups is 1. The predicted molar refractivity (Wildman–Crippen MR) is 115 cm³/mol. The molecule has 3 N–H and O–H groups in total. The fourth-order valence-electron chi connectivity index (χ4n) is 3.93. The van der Waals surface area contributed by atoms with E-state index in [4.69, 9.17) is 11.6 Å². The Morgan fingerprint density at radius 3 is 2.43 bits per heavy atom. The van der Waals surface area contributed by atoms with Gasteiger partial charge in [-0.15, -0.1) is 0 Å². The highest BCUT2D eigenvalue weighted by Crippen LogP contribution is 2.31. The van der Waals surface area contributed by atoms with Crippen molar-refractivity contribution in [2.24, 2.45) is 0 Å². The van der Waals surface area contributed by atoms with Crippen molar-refractivity contribution in [3.63, 3.8) is 0 Å². The zero-order chi connectivity index (χ0) is 21.5. The van der Waals surface area contributed by atoms with Gasteiger partial charge in [-0.1, -0.05) is 67.3 Å². The zero-order valence-corrected chi connectivity index (χ0v) is 17.5. The van der Waals surface area contributed by atoms with Gasteiger partial charge in [-0.25, -0.2) is 0 Å². The highest BCUT2D eigenvalue weighted by Gasteiger charge is 2.34. The molecule has 0 aromatic heterocycles. The average molecular weight is 431 g/mol. The predicted octanol–water partition coefficient (Wildman–Crippen LogP) is 3.67. The van der Waals surface area contributed by atoms with E-state index in [-0.39, 0.29) is 41.4 Å². The van der Waals surface area contributed by atoms with Crippen molar-refractivity contribution in [3.05, 3.63) is 64.7 Å². The molecule has 1 aliphatic rings. The smallest absolute Gasteiger partial charge is 0.258 e. The Kier molecular flexibility index (Phi) is 7.71. The molecule has 2 aromatic rings. The van der Waals surface area contributed by atoms with Crippen molar-refractivity contribution < 1.29 is 19.8 Å². The van der Waals surface area contributed by atoms with Crippen LogP contribution in [0.2, 0.25) is 5.02 Å². The Balaban J connectivity index is 1.96. The topological polar surface area (TPSA) is 89.9 Å². The van der Waals surface area contributed by atoms with Gasteiger partial charge in [0.15, 0.2) is 0 Å². The molecule has 0 heterocycles. The van der Waals surface area contributed by atoms with Crippen molar-refractivity contribution in [2.45, 2.75) is 44.2 Å².